The van der Waals surface area contributed by atoms with Crippen LogP contribution in [-0.2, 0) is 0 Å². The predicted octanol–water partition coefficient (Wildman–Crippen LogP) is 1.76. The summed E-state index contributed by atoms with van der Waals surface area (Å²) in [5, 5.41) is 13.0. The van der Waals surface area contributed by atoms with Crippen molar-refractivity contribution < 1.29 is 0 Å². The number of nitrogen functional groups attached to an aromatic ring is 1. The number of nitrogens with one attached hydrogen (secondary N) is 3. The molecule has 0 aromatic carbocycles. The molecule has 0 atom stereocenters. The van der Waals surface area contributed by atoms with Crippen LogP contribution in [0.1, 0.15) is 19.8 Å². The lowest BCUT2D eigenvalue weighted by atomic mass is 10.2. The number of aromatic nitrogens is 4. The van der Waals surface area contributed by atoms with Crippen LogP contribution in [0.15, 0.2) is 30.7 Å². The maximum Gasteiger partial charge on any atom is 0.223 e. The van der Waals surface area contributed by atoms with Gasteiger partial charge in [-0.15, -0.1) is 0 Å². The van der Waals surface area contributed by atoms with Crippen LogP contribution in [0.3, 0.4) is 0 Å². The second kappa shape index (κ2) is 7.28. The first-order chi connectivity index (χ1) is 10.2. The fourth-order valence-electron chi connectivity index (χ4n) is 1.77. The summed E-state index contributed by atoms with van der Waals surface area (Å²) in [7, 11) is 0. The molecular weight excluding hydrogens is 266 g/mol. The van der Waals surface area contributed by atoms with Gasteiger partial charge in [-0.25, -0.2) is 9.97 Å². The van der Waals surface area contributed by atoms with Crippen LogP contribution in [0.5, 0.6) is 0 Å². The summed E-state index contributed by atoms with van der Waals surface area (Å²) >= 11 is 0. The molecule has 0 amide bonds. The molecule has 0 aliphatic heterocycles. The summed E-state index contributed by atoms with van der Waals surface area (Å²) in [4.78, 5) is 8.62. The van der Waals surface area contributed by atoms with Crippen molar-refractivity contribution in [1.82, 2.24) is 25.5 Å². The van der Waals surface area contributed by atoms with Gasteiger partial charge in [0.05, 0.1) is 17.5 Å². The quantitative estimate of drug-likeness (QED) is 0.551. The molecular formula is C14H21N7. The number of H-pyrrole nitrogens is 1. The number of hydrogen-bond acceptors (Lipinski definition) is 6. The molecule has 112 valence electrons. The largest absolute Gasteiger partial charge is 0.389 e. The van der Waals surface area contributed by atoms with Crippen LogP contribution < -0.4 is 16.4 Å². The molecule has 0 unspecified atom stereocenters. The molecule has 2 aromatic heterocycles. The smallest absolute Gasteiger partial charge is 0.223 e. The SMILES string of the molecule is C=C(CC)NCCCNc1nccc(-c2cn[nH]c2N)n1. The minimum atomic E-state index is 0.502. The third-order valence-electron chi connectivity index (χ3n) is 3.04. The van der Waals surface area contributed by atoms with Crippen LogP contribution in [0.2, 0.25) is 0 Å². The van der Waals surface area contributed by atoms with E-state index in [4.69, 9.17) is 5.73 Å². The highest BCUT2D eigenvalue weighted by Crippen LogP contribution is 2.21. The van der Waals surface area contributed by atoms with Crippen LogP contribution in [0.4, 0.5) is 11.8 Å². The molecule has 0 radical (unpaired) electrons. The van der Waals surface area contributed by atoms with E-state index in [0.717, 1.165) is 42.9 Å². The number of hydrogen-bond donors (Lipinski definition) is 4. The maximum absolute atomic E-state index is 5.79. The normalized spacial score (nSPS) is 10.3. The molecule has 0 bridgehead atoms. The molecule has 5 N–H and O–H groups in total. The van der Waals surface area contributed by atoms with Crippen molar-refractivity contribution in [3.8, 4) is 11.3 Å². The van der Waals surface area contributed by atoms with E-state index in [2.05, 4.69) is 44.3 Å². The summed E-state index contributed by atoms with van der Waals surface area (Å²) in [6.07, 6.45) is 5.27. The van der Waals surface area contributed by atoms with Crippen molar-refractivity contribution in [2.75, 3.05) is 24.1 Å². The molecule has 2 aromatic rings. The third kappa shape index (κ3) is 4.20. The number of aromatic amines is 1. The first-order valence-corrected chi connectivity index (χ1v) is 6.98. The Morgan fingerprint density at radius 3 is 3.00 bits per heavy atom. The maximum atomic E-state index is 5.79. The van der Waals surface area contributed by atoms with Gasteiger partial charge in [-0.2, -0.15) is 5.10 Å². The van der Waals surface area contributed by atoms with E-state index in [1.54, 1.807) is 18.5 Å². The average Bonchev–Trinajstić information content (AvgIpc) is 2.93. The van der Waals surface area contributed by atoms with Gasteiger partial charge in [0.2, 0.25) is 5.95 Å². The van der Waals surface area contributed by atoms with Crippen molar-refractivity contribution in [3.63, 3.8) is 0 Å². The first-order valence-electron chi connectivity index (χ1n) is 6.98. The monoisotopic (exact) mass is 287 g/mol. The number of nitrogens with zero attached hydrogens (tertiary/aromatic N) is 3. The molecule has 0 aliphatic rings. The predicted molar refractivity (Wildman–Crippen MR) is 84.6 cm³/mol. The molecule has 0 fully saturated rings. The minimum Gasteiger partial charge on any atom is -0.389 e. The molecule has 21 heavy (non-hydrogen) atoms. The van der Waals surface area contributed by atoms with Crippen molar-refractivity contribution in [1.29, 1.82) is 0 Å². The van der Waals surface area contributed by atoms with Gasteiger partial charge in [0.15, 0.2) is 0 Å². The molecule has 0 aliphatic carbocycles. The highest BCUT2D eigenvalue weighted by Gasteiger charge is 2.07. The van der Waals surface area contributed by atoms with Gasteiger partial charge in [0.1, 0.15) is 5.82 Å². The van der Waals surface area contributed by atoms with Gasteiger partial charge in [-0.3, -0.25) is 5.10 Å². The lowest BCUT2D eigenvalue weighted by molar-refractivity contribution is 0.725. The lowest BCUT2D eigenvalue weighted by Crippen LogP contribution is -2.17. The van der Waals surface area contributed by atoms with Crippen LogP contribution in [0.25, 0.3) is 11.3 Å². The Kier molecular flexibility index (Phi) is 5.14. The summed E-state index contributed by atoms with van der Waals surface area (Å²) in [6.45, 7) is 7.65. The molecule has 0 saturated heterocycles. The van der Waals surface area contributed by atoms with Gasteiger partial charge in [-0.05, 0) is 18.9 Å². The zero-order chi connectivity index (χ0) is 15.1. The summed E-state index contributed by atoms with van der Waals surface area (Å²) < 4.78 is 0. The van der Waals surface area contributed by atoms with E-state index < -0.39 is 0 Å². The Hall–Kier alpha value is -2.57. The van der Waals surface area contributed by atoms with Crippen molar-refractivity contribution in [2.24, 2.45) is 0 Å². The van der Waals surface area contributed by atoms with Gasteiger partial charge >= 0.3 is 0 Å². The third-order valence-corrected chi connectivity index (χ3v) is 3.04. The van der Waals surface area contributed by atoms with Gasteiger partial charge in [0, 0.05) is 25.0 Å². The van der Waals surface area contributed by atoms with Gasteiger partial charge in [-0.1, -0.05) is 13.5 Å². The second-order valence-electron chi connectivity index (χ2n) is 4.63. The lowest BCUT2D eigenvalue weighted by Gasteiger charge is -2.08. The molecule has 7 heteroatoms. The molecule has 0 saturated carbocycles. The van der Waals surface area contributed by atoms with E-state index in [1.165, 1.54) is 0 Å². The van der Waals surface area contributed by atoms with Crippen molar-refractivity contribution in [3.05, 3.63) is 30.7 Å². The molecule has 7 nitrogen and oxygen atoms in total. The summed E-state index contributed by atoms with van der Waals surface area (Å²) in [5.41, 5.74) is 8.37. The molecule has 0 spiro atoms. The fourth-order valence-corrected chi connectivity index (χ4v) is 1.77. The number of anilines is 2. The average molecular weight is 287 g/mol. The van der Waals surface area contributed by atoms with E-state index in [-0.39, 0.29) is 0 Å². The van der Waals surface area contributed by atoms with Crippen molar-refractivity contribution in [2.45, 2.75) is 19.8 Å². The van der Waals surface area contributed by atoms with Crippen LogP contribution >= 0.6 is 0 Å². The van der Waals surface area contributed by atoms with E-state index in [9.17, 15) is 0 Å². The topological polar surface area (TPSA) is 105 Å². The Bertz CT molecular complexity index is 591. The Morgan fingerprint density at radius 1 is 1.43 bits per heavy atom. The second-order valence-corrected chi connectivity index (χ2v) is 4.63. The Labute approximate surface area is 124 Å². The number of rotatable bonds is 8. The number of nitrogens with two attached hydrogens (primary N) is 1. The Balaban J connectivity index is 1.85. The summed E-state index contributed by atoms with van der Waals surface area (Å²) in [6, 6.07) is 1.80. The van der Waals surface area contributed by atoms with Gasteiger partial charge in [0.25, 0.3) is 0 Å². The van der Waals surface area contributed by atoms with Crippen molar-refractivity contribution >= 4 is 11.8 Å². The van der Waals surface area contributed by atoms with Gasteiger partial charge < -0.3 is 16.4 Å². The van der Waals surface area contributed by atoms with E-state index >= 15 is 0 Å². The van der Waals surface area contributed by atoms with Crippen LogP contribution in [-0.4, -0.2) is 33.3 Å². The minimum absolute atomic E-state index is 0.502. The highest BCUT2D eigenvalue weighted by molar-refractivity contribution is 5.70. The number of allylic oxidation sites excluding steroid dienone is 1. The summed E-state index contributed by atoms with van der Waals surface area (Å²) in [5.74, 6) is 1.09. The van der Waals surface area contributed by atoms with E-state index in [1.807, 2.05) is 0 Å². The highest BCUT2D eigenvalue weighted by atomic mass is 15.2. The zero-order valence-corrected chi connectivity index (χ0v) is 12.2. The fraction of sp³-hybridized carbons (Fsp3) is 0.357. The standard InChI is InChI=1S/C14H21N7/c1-3-10(2)16-6-4-7-17-14-18-8-5-12(20-14)11-9-19-21-13(11)15/h5,8-9,16H,2-4,6-7H2,1H3,(H3,15,19,21)(H,17,18,20). The molecule has 2 heterocycles. The molecule has 2 rings (SSSR count). The zero-order valence-electron chi connectivity index (χ0n) is 12.2. The van der Waals surface area contributed by atoms with Crippen LogP contribution in [0, 0.1) is 0 Å². The van der Waals surface area contributed by atoms with E-state index in [0.29, 0.717) is 11.8 Å². The Morgan fingerprint density at radius 2 is 2.29 bits per heavy atom. The first kappa shape index (κ1) is 14.8.